The minimum atomic E-state index is -0.287. The fraction of sp³-hybridized carbons (Fsp3) is 0.400. The number of aryl methyl sites for hydroxylation is 1. The molecule has 0 aliphatic rings. The van der Waals surface area contributed by atoms with Gasteiger partial charge in [0.25, 0.3) is 0 Å². The average Bonchev–Trinajstić information content (AvgIpc) is 1.96. The Hall–Kier alpha value is -0.530. The summed E-state index contributed by atoms with van der Waals surface area (Å²) < 4.78 is 0. The van der Waals surface area contributed by atoms with Gasteiger partial charge in [0, 0.05) is 5.02 Å². The van der Waals surface area contributed by atoms with Crippen molar-refractivity contribution in [3.8, 4) is 0 Å². The molecule has 0 aliphatic heterocycles. The Bertz CT molecular complexity index is 269. The molecule has 0 aliphatic carbocycles. The van der Waals surface area contributed by atoms with Gasteiger partial charge >= 0.3 is 0 Å². The lowest BCUT2D eigenvalue weighted by molar-refractivity contribution is 0.195. The molecule has 1 rings (SSSR count). The lowest BCUT2D eigenvalue weighted by Gasteiger charge is -2.05. The number of hydrogen-bond acceptors (Lipinski definition) is 1. The fourth-order valence-electron chi connectivity index (χ4n) is 1.17. The van der Waals surface area contributed by atoms with E-state index in [2.05, 4.69) is 0 Å². The first-order valence-corrected chi connectivity index (χ1v) is 4.40. The Balaban J connectivity index is 2.82. The molecule has 1 atom stereocenters. The quantitative estimate of drug-likeness (QED) is 0.749. The van der Waals surface area contributed by atoms with E-state index in [0.29, 0.717) is 6.42 Å². The number of halogens is 1. The molecule has 0 bridgehead atoms. The van der Waals surface area contributed by atoms with E-state index >= 15 is 0 Å². The van der Waals surface area contributed by atoms with Crippen LogP contribution in [0, 0.1) is 6.92 Å². The maximum absolute atomic E-state index is 9.13. The second-order valence-electron chi connectivity index (χ2n) is 3.14. The first kappa shape index (κ1) is 9.56. The van der Waals surface area contributed by atoms with Crippen LogP contribution < -0.4 is 0 Å². The molecule has 1 N–H and O–H groups in total. The molecule has 1 aromatic rings. The van der Waals surface area contributed by atoms with E-state index in [9.17, 15) is 0 Å². The van der Waals surface area contributed by atoms with Crippen molar-refractivity contribution >= 4 is 11.6 Å². The molecule has 0 heterocycles. The van der Waals surface area contributed by atoms with Crippen LogP contribution in [0.15, 0.2) is 18.2 Å². The summed E-state index contributed by atoms with van der Waals surface area (Å²) in [7, 11) is 0. The molecular weight excluding hydrogens is 172 g/mol. The van der Waals surface area contributed by atoms with Crippen LogP contribution in [0.1, 0.15) is 18.1 Å². The number of hydrogen-bond donors (Lipinski definition) is 1. The maximum Gasteiger partial charge on any atom is 0.0552 e. The molecular formula is C10H13ClO. The van der Waals surface area contributed by atoms with E-state index in [1.807, 2.05) is 25.1 Å². The van der Waals surface area contributed by atoms with Crippen LogP contribution in [-0.4, -0.2) is 11.2 Å². The summed E-state index contributed by atoms with van der Waals surface area (Å²) in [5.74, 6) is 0. The van der Waals surface area contributed by atoms with Crippen molar-refractivity contribution in [3.63, 3.8) is 0 Å². The molecule has 0 saturated heterocycles. The van der Waals surface area contributed by atoms with Gasteiger partial charge in [-0.1, -0.05) is 23.7 Å². The van der Waals surface area contributed by atoms with Gasteiger partial charge in [0.2, 0.25) is 0 Å². The smallest absolute Gasteiger partial charge is 0.0552 e. The zero-order valence-corrected chi connectivity index (χ0v) is 8.10. The molecule has 1 nitrogen and oxygen atoms in total. The van der Waals surface area contributed by atoms with Crippen molar-refractivity contribution in [1.29, 1.82) is 0 Å². The van der Waals surface area contributed by atoms with Crippen LogP contribution in [0.2, 0.25) is 5.02 Å². The van der Waals surface area contributed by atoms with Gasteiger partial charge in [0.1, 0.15) is 0 Å². The molecule has 66 valence electrons. The third kappa shape index (κ3) is 2.50. The molecule has 0 spiro atoms. The summed E-state index contributed by atoms with van der Waals surface area (Å²) in [5, 5.41) is 9.91. The van der Waals surface area contributed by atoms with E-state index in [-0.39, 0.29) is 6.10 Å². The third-order valence-electron chi connectivity index (χ3n) is 1.75. The standard InChI is InChI=1S/C10H13ClO/c1-7-5-9(6-8(2)12)3-4-10(7)11/h3-5,8,12H,6H2,1-2H3/t8-/m0/s1. The highest BCUT2D eigenvalue weighted by molar-refractivity contribution is 6.31. The van der Waals surface area contributed by atoms with E-state index in [1.165, 1.54) is 0 Å². The zero-order valence-electron chi connectivity index (χ0n) is 7.34. The molecule has 0 saturated carbocycles. The van der Waals surface area contributed by atoms with E-state index in [4.69, 9.17) is 16.7 Å². The molecule has 1 aromatic carbocycles. The topological polar surface area (TPSA) is 20.2 Å². The number of aliphatic hydroxyl groups is 1. The zero-order chi connectivity index (χ0) is 9.14. The molecule has 0 fully saturated rings. The van der Waals surface area contributed by atoms with Gasteiger partial charge in [-0.25, -0.2) is 0 Å². The fourth-order valence-corrected chi connectivity index (χ4v) is 1.29. The molecule has 0 radical (unpaired) electrons. The lowest BCUT2D eigenvalue weighted by atomic mass is 10.1. The summed E-state index contributed by atoms with van der Waals surface area (Å²) in [4.78, 5) is 0. The van der Waals surface area contributed by atoms with Crippen molar-refractivity contribution in [1.82, 2.24) is 0 Å². The predicted molar refractivity (Wildman–Crippen MR) is 51.6 cm³/mol. The van der Waals surface area contributed by atoms with Crippen LogP contribution in [0.3, 0.4) is 0 Å². The number of rotatable bonds is 2. The van der Waals surface area contributed by atoms with Gasteiger partial charge in [-0.3, -0.25) is 0 Å². The van der Waals surface area contributed by atoms with Gasteiger partial charge in [-0.05, 0) is 37.5 Å². The second kappa shape index (κ2) is 3.92. The largest absolute Gasteiger partial charge is 0.393 e. The second-order valence-corrected chi connectivity index (χ2v) is 3.54. The highest BCUT2D eigenvalue weighted by Gasteiger charge is 2.00. The van der Waals surface area contributed by atoms with E-state index in [0.717, 1.165) is 16.1 Å². The van der Waals surface area contributed by atoms with Gasteiger partial charge in [0.15, 0.2) is 0 Å². The Kier molecular flexibility index (Phi) is 3.12. The van der Waals surface area contributed by atoms with Crippen molar-refractivity contribution in [3.05, 3.63) is 34.3 Å². The van der Waals surface area contributed by atoms with Crippen molar-refractivity contribution in [2.75, 3.05) is 0 Å². The lowest BCUT2D eigenvalue weighted by Crippen LogP contribution is -2.03. The highest BCUT2D eigenvalue weighted by Crippen LogP contribution is 2.16. The van der Waals surface area contributed by atoms with Crippen molar-refractivity contribution in [2.24, 2.45) is 0 Å². The SMILES string of the molecule is Cc1cc(C[C@H](C)O)ccc1Cl. The summed E-state index contributed by atoms with van der Waals surface area (Å²) >= 11 is 5.85. The van der Waals surface area contributed by atoms with Crippen molar-refractivity contribution in [2.45, 2.75) is 26.4 Å². The monoisotopic (exact) mass is 184 g/mol. The van der Waals surface area contributed by atoms with Crippen LogP contribution in [0.5, 0.6) is 0 Å². The van der Waals surface area contributed by atoms with Crippen LogP contribution in [-0.2, 0) is 6.42 Å². The van der Waals surface area contributed by atoms with E-state index < -0.39 is 0 Å². The molecule has 12 heavy (non-hydrogen) atoms. The highest BCUT2D eigenvalue weighted by atomic mass is 35.5. The van der Waals surface area contributed by atoms with Crippen molar-refractivity contribution < 1.29 is 5.11 Å². The summed E-state index contributed by atoms with van der Waals surface area (Å²) in [5.41, 5.74) is 2.20. The van der Waals surface area contributed by atoms with E-state index in [1.54, 1.807) is 6.92 Å². The summed E-state index contributed by atoms with van der Waals surface area (Å²) in [6, 6.07) is 5.83. The molecule has 2 heteroatoms. The Morgan fingerprint density at radius 3 is 2.67 bits per heavy atom. The minimum absolute atomic E-state index is 0.287. The first-order valence-electron chi connectivity index (χ1n) is 4.02. The van der Waals surface area contributed by atoms with Gasteiger partial charge in [-0.15, -0.1) is 0 Å². The van der Waals surface area contributed by atoms with Crippen LogP contribution in [0.25, 0.3) is 0 Å². The Morgan fingerprint density at radius 2 is 2.17 bits per heavy atom. The third-order valence-corrected chi connectivity index (χ3v) is 2.18. The summed E-state index contributed by atoms with van der Waals surface area (Å²) in [6.07, 6.45) is 0.406. The maximum atomic E-state index is 9.13. The molecule has 0 unspecified atom stereocenters. The van der Waals surface area contributed by atoms with Gasteiger partial charge in [-0.2, -0.15) is 0 Å². The minimum Gasteiger partial charge on any atom is -0.393 e. The van der Waals surface area contributed by atoms with Gasteiger partial charge < -0.3 is 5.11 Å². The normalized spacial score (nSPS) is 13.0. The number of aliphatic hydroxyl groups excluding tert-OH is 1. The molecule has 0 amide bonds. The Morgan fingerprint density at radius 1 is 1.50 bits per heavy atom. The number of benzene rings is 1. The predicted octanol–water partition coefficient (Wildman–Crippen LogP) is 2.57. The average molecular weight is 185 g/mol. The molecule has 0 aromatic heterocycles. The Labute approximate surface area is 78.0 Å². The van der Waals surface area contributed by atoms with Crippen LogP contribution in [0.4, 0.5) is 0 Å². The summed E-state index contributed by atoms with van der Waals surface area (Å²) in [6.45, 7) is 3.75. The van der Waals surface area contributed by atoms with Crippen LogP contribution >= 0.6 is 11.6 Å². The van der Waals surface area contributed by atoms with Gasteiger partial charge in [0.05, 0.1) is 6.10 Å². The first-order chi connectivity index (χ1) is 5.59.